The molecule has 2 aromatic rings. The Morgan fingerprint density at radius 2 is 2.00 bits per heavy atom. The van der Waals surface area contributed by atoms with Crippen molar-refractivity contribution in [2.24, 2.45) is 11.1 Å². The Morgan fingerprint density at radius 1 is 1.21 bits per heavy atom. The molecular weight excluding hydrogens is 254 g/mol. The van der Waals surface area contributed by atoms with Crippen molar-refractivity contribution in [1.82, 2.24) is 4.37 Å². The van der Waals surface area contributed by atoms with Crippen molar-refractivity contribution < 1.29 is 0 Å². The van der Waals surface area contributed by atoms with Crippen LogP contribution in [0.1, 0.15) is 32.1 Å². The standard InChI is InChI=1S/C15H21N3S/c16-10-15(8-4-1-5-9-15)11-17-14-12-6-2-3-7-13(12)18-19-14/h2-3,6-7,17H,1,4-5,8-11,16H2. The fourth-order valence-corrected chi connectivity index (χ4v) is 3.80. The van der Waals surface area contributed by atoms with E-state index in [9.17, 15) is 0 Å². The minimum absolute atomic E-state index is 0.295. The Morgan fingerprint density at radius 3 is 2.79 bits per heavy atom. The second-order valence-corrected chi connectivity index (χ2v) is 6.42. The molecule has 0 radical (unpaired) electrons. The van der Waals surface area contributed by atoms with Gasteiger partial charge in [0.25, 0.3) is 0 Å². The van der Waals surface area contributed by atoms with Gasteiger partial charge in [-0.1, -0.05) is 31.4 Å². The Hall–Kier alpha value is -1.13. The van der Waals surface area contributed by atoms with E-state index in [1.807, 2.05) is 6.07 Å². The van der Waals surface area contributed by atoms with E-state index < -0.39 is 0 Å². The number of fused-ring (bicyclic) bond motifs is 1. The lowest BCUT2D eigenvalue weighted by Gasteiger charge is -2.36. The number of aromatic nitrogens is 1. The summed E-state index contributed by atoms with van der Waals surface area (Å²) in [5, 5.41) is 6.03. The van der Waals surface area contributed by atoms with Crippen LogP contribution in [0.5, 0.6) is 0 Å². The molecule has 1 saturated carbocycles. The number of hydrogen-bond acceptors (Lipinski definition) is 4. The zero-order chi connectivity index (χ0) is 13.1. The van der Waals surface area contributed by atoms with Gasteiger partial charge in [-0.05, 0) is 48.5 Å². The average molecular weight is 275 g/mol. The van der Waals surface area contributed by atoms with Crippen molar-refractivity contribution in [3.63, 3.8) is 0 Å². The summed E-state index contributed by atoms with van der Waals surface area (Å²) in [5.41, 5.74) is 7.42. The molecule has 1 fully saturated rings. The van der Waals surface area contributed by atoms with E-state index in [-0.39, 0.29) is 0 Å². The molecule has 1 heterocycles. The monoisotopic (exact) mass is 275 g/mol. The molecule has 3 rings (SSSR count). The third-order valence-electron chi connectivity index (χ3n) is 4.36. The van der Waals surface area contributed by atoms with Crippen molar-refractivity contribution in [2.75, 3.05) is 18.4 Å². The fourth-order valence-electron chi connectivity index (χ4n) is 3.04. The molecule has 0 atom stereocenters. The summed E-state index contributed by atoms with van der Waals surface area (Å²) < 4.78 is 4.48. The highest BCUT2D eigenvalue weighted by molar-refractivity contribution is 7.11. The Balaban J connectivity index is 1.74. The predicted octanol–water partition coefficient (Wildman–Crippen LogP) is 3.62. The van der Waals surface area contributed by atoms with Crippen LogP contribution in [0, 0.1) is 5.41 Å². The van der Waals surface area contributed by atoms with E-state index in [4.69, 9.17) is 5.73 Å². The normalized spacial score (nSPS) is 18.6. The minimum atomic E-state index is 0.295. The van der Waals surface area contributed by atoms with Gasteiger partial charge in [0.15, 0.2) is 0 Å². The van der Waals surface area contributed by atoms with Gasteiger partial charge in [-0.3, -0.25) is 0 Å². The highest BCUT2D eigenvalue weighted by Gasteiger charge is 2.30. The van der Waals surface area contributed by atoms with Crippen LogP contribution in [0.3, 0.4) is 0 Å². The van der Waals surface area contributed by atoms with E-state index in [0.29, 0.717) is 5.41 Å². The number of nitrogens with zero attached hydrogens (tertiary/aromatic N) is 1. The van der Waals surface area contributed by atoms with Crippen LogP contribution < -0.4 is 11.1 Å². The van der Waals surface area contributed by atoms with Gasteiger partial charge in [-0.25, -0.2) is 0 Å². The van der Waals surface area contributed by atoms with Gasteiger partial charge in [-0.2, -0.15) is 4.37 Å². The van der Waals surface area contributed by atoms with Crippen LogP contribution in [0.15, 0.2) is 24.3 Å². The number of rotatable bonds is 4. The first-order valence-corrected chi connectivity index (χ1v) is 7.89. The van der Waals surface area contributed by atoms with Crippen molar-refractivity contribution in [2.45, 2.75) is 32.1 Å². The van der Waals surface area contributed by atoms with Crippen molar-refractivity contribution in [1.29, 1.82) is 0 Å². The molecule has 4 heteroatoms. The van der Waals surface area contributed by atoms with Gasteiger partial charge in [-0.15, -0.1) is 0 Å². The third-order valence-corrected chi connectivity index (χ3v) is 5.19. The van der Waals surface area contributed by atoms with Gasteiger partial charge in [0, 0.05) is 11.9 Å². The van der Waals surface area contributed by atoms with Crippen LogP contribution in [-0.2, 0) is 0 Å². The maximum atomic E-state index is 6.04. The molecule has 102 valence electrons. The lowest BCUT2D eigenvalue weighted by atomic mass is 9.74. The zero-order valence-electron chi connectivity index (χ0n) is 11.2. The first-order chi connectivity index (χ1) is 9.33. The molecule has 1 aromatic heterocycles. The summed E-state index contributed by atoms with van der Waals surface area (Å²) in [5.74, 6) is 0. The Bertz CT molecular complexity index is 543. The summed E-state index contributed by atoms with van der Waals surface area (Å²) in [7, 11) is 0. The second-order valence-electron chi connectivity index (χ2n) is 5.65. The molecule has 0 unspecified atom stereocenters. The van der Waals surface area contributed by atoms with E-state index in [1.165, 1.54) is 42.5 Å². The topological polar surface area (TPSA) is 50.9 Å². The molecule has 0 aliphatic heterocycles. The number of hydrogen-bond donors (Lipinski definition) is 2. The van der Waals surface area contributed by atoms with Crippen LogP contribution in [0.25, 0.3) is 10.9 Å². The van der Waals surface area contributed by atoms with Crippen molar-refractivity contribution >= 4 is 27.4 Å². The molecule has 0 amide bonds. The van der Waals surface area contributed by atoms with Crippen LogP contribution in [0.4, 0.5) is 5.00 Å². The first-order valence-electron chi connectivity index (χ1n) is 7.11. The maximum absolute atomic E-state index is 6.04. The van der Waals surface area contributed by atoms with Crippen molar-refractivity contribution in [3.8, 4) is 0 Å². The quantitative estimate of drug-likeness (QED) is 0.896. The molecule has 1 aromatic carbocycles. The molecule has 19 heavy (non-hydrogen) atoms. The summed E-state index contributed by atoms with van der Waals surface area (Å²) >= 11 is 1.56. The van der Waals surface area contributed by atoms with E-state index in [0.717, 1.165) is 18.6 Å². The smallest absolute Gasteiger partial charge is 0.117 e. The number of anilines is 1. The predicted molar refractivity (Wildman–Crippen MR) is 82.7 cm³/mol. The second kappa shape index (κ2) is 5.47. The molecule has 0 saturated heterocycles. The summed E-state index contributed by atoms with van der Waals surface area (Å²) in [6.45, 7) is 1.77. The van der Waals surface area contributed by atoms with Gasteiger partial charge in [0.05, 0.1) is 5.52 Å². The average Bonchev–Trinajstić information content (AvgIpc) is 2.89. The summed E-state index contributed by atoms with van der Waals surface area (Å²) in [4.78, 5) is 0. The van der Waals surface area contributed by atoms with Gasteiger partial charge in [0.2, 0.25) is 0 Å². The van der Waals surface area contributed by atoms with E-state index >= 15 is 0 Å². The molecule has 3 nitrogen and oxygen atoms in total. The maximum Gasteiger partial charge on any atom is 0.117 e. The molecule has 3 N–H and O–H groups in total. The number of nitrogens with two attached hydrogens (primary N) is 1. The molecule has 1 aliphatic carbocycles. The Labute approximate surface area is 118 Å². The van der Waals surface area contributed by atoms with E-state index in [1.54, 1.807) is 11.5 Å². The SMILES string of the molecule is NCC1(CNc2snc3ccccc23)CCCCC1. The number of benzene rings is 1. The van der Waals surface area contributed by atoms with Crippen molar-refractivity contribution in [3.05, 3.63) is 24.3 Å². The molecule has 0 bridgehead atoms. The minimum Gasteiger partial charge on any atom is -0.375 e. The lowest BCUT2D eigenvalue weighted by Crippen LogP contribution is -2.38. The van der Waals surface area contributed by atoms with Gasteiger partial charge >= 0.3 is 0 Å². The summed E-state index contributed by atoms with van der Waals surface area (Å²) in [6.07, 6.45) is 6.52. The van der Waals surface area contributed by atoms with Gasteiger partial charge < -0.3 is 11.1 Å². The largest absolute Gasteiger partial charge is 0.375 e. The Kier molecular flexibility index (Phi) is 3.71. The highest BCUT2D eigenvalue weighted by Crippen LogP contribution is 2.36. The van der Waals surface area contributed by atoms with Crippen LogP contribution >= 0.6 is 11.5 Å². The highest BCUT2D eigenvalue weighted by atomic mass is 32.1. The molecular formula is C15H21N3S. The summed E-state index contributed by atoms with van der Waals surface area (Å²) in [6, 6.07) is 8.31. The third kappa shape index (κ3) is 2.60. The number of nitrogens with one attached hydrogen (secondary N) is 1. The molecule has 0 spiro atoms. The van der Waals surface area contributed by atoms with E-state index in [2.05, 4.69) is 27.9 Å². The lowest BCUT2D eigenvalue weighted by molar-refractivity contribution is 0.215. The first kappa shape index (κ1) is 12.9. The molecule has 1 aliphatic rings. The van der Waals surface area contributed by atoms with Gasteiger partial charge in [0.1, 0.15) is 5.00 Å². The van der Waals surface area contributed by atoms with Crippen LogP contribution in [0.2, 0.25) is 0 Å². The zero-order valence-corrected chi connectivity index (χ0v) is 12.0. The van der Waals surface area contributed by atoms with Crippen LogP contribution in [-0.4, -0.2) is 17.5 Å². The fraction of sp³-hybridized carbons (Fsp3) is 0.533.